The molecule has 2 aliphatic rings. The van der Waals surface area contributed by atoms with Crippen molar-refractivity contribution in [2.75, 3.05) is 13.1 Å². The third-order valence-corrected chi connectivity index (χ3v) is 6.22. The van der Waals surface area contributed by atoms with Crippen LogP contribution in [0.5, 0.6) is 0 Å². The molecule has 1 aromatic carbocycles. The summed E-state index contributed by atoms with van der Waals surface area (Å²) in [6.45, 7) is 1.34. The number of hydrogen-bond donors (Lipinski definition) is 3. The number of rotatable bonds is 5. The van der Waals surface area contributed by atoms with Crippen LogP contribution in [-0.4, -0.2) is 56.9 Å². The summed E-state index contributed by atoms with van der Waals surface area (Å²) in [6, 6.07) is 13.0. The van der Waals surface area contributed by atoms with Gasteiger partial charge in [-0.15, -0.1) is 0 Å². The molecule has 0 aliphatic carbocycles. The first-order valence-electron chi connectivity index (χ1n) is 11.0. The fraction of sp³-hybridized carbons (Fsp3) is 0.292. The maximum absolute atomic E-state index is 13.0. The molecule has 1 unspecified atom stereocenters. The molecule has 1 saturated heterocycles. The zero-order valence-electron chi connectivity index (χ0n) is 18.0. The number of carbonyl (C=O) groups is 3. The van der Waals surface area contributed by atoms with Gasteiger partial charge in [0.25, 0.3) is 5.91 Å². The van der Waals surface area contributed by atoms with Gasteiger partial charge in [0.15, 0.2) is 0 Å². The monoisotopic (exact) mass is 444 g/mol. The fourth-order valence-electron chi connectivity index (χ4n) is 4.55. The number of nitrogens with zero attached hydrogens (tertiary/aromatic N) is 3. The molecule has 3 aromatic rings. The Morgan fingerprint density at radius 1 is 1.15 bits per heavy atom. The Hall–Kier alpha value is -4.01. The van der Waals surface area contributed by atoms with E-state index in [-0.39, 0.29) is 23.6 Å². The van der Waals surface area contributed by atoms with Crippen LogP contribution in [0.3, 0.4) is 0 Å². The molecule has 9 nitrogen and oxygen atoms in total. The summed E-state index contributed by atoms with van der Waals surface area (Å²) in [6.07, 6.45) is 4.06. The molecule has 3 amide bonds. The predicted octanol–water partition coefficient (Wildman–Crippen LogP) is 1.61. The Kier molecular flexibility index (Phi) is 5.60. The number of H-pyrrole nitrogens is 1. The fourth-order valence-corrected chi connectivity index (χ4v) is 4.55. The molecule has 2 atom stereocenters. The molecule has 9 heteroatoms. The summed E-state index contributed by atoms with van der Waals surface area (Å²) >= 11 is 0. The summed E-state index contributed by atoms with van der Waals surface area (Å²) in [5.41, 5.74) is 3.79. The standard InChI is InChI=1S/C24H24N6O3/c31-21-9-8-20(28-21)24(33)30-13-15-5-1-2-6-17(15)16(14-30)11-26-23(32)18-12-27-29-22(18)19-7-3-4-10-25-19/h1-7,10,12,16,20H,8-9,11,13-14H2,(H,26,32)(H,27,29)(H,28,31)/t16?,20-/m0/s1. The average Bonchev–Trinajstić information content (AvgIpc) is 3.51. The first kappa shape index (κ1) is 20.9. The molecule has 0 radical (unpaired) electrons. The first-order chi connectivity index (χ1) is 16.1. The van der Waals surface area contributed by atoms with Crippen LogP contribution in [0.2, 0.25) is 0 Å². The van der Waals surface area contributed by atoms with Crippen LogP contribution in [0.1, 0.15) is 40.2 Å². The van der Waals surface area contributed by atoms with Crippen LogP contribution in [0.15, 0.2) is 54.9 Å². The van der Waals surface area contributed by atoms with Crippen molar-refractivity contribution in [3.05, 3.63) is 71.5 Å². The van der Waals surface area contributed by atoms with E-state index >= 15 is 0 Å². The number of benzene rings is 1. The minimum Gasteiger partial charge on any atom is -0.351 e. The van der Waals surface area contributed by atoms with Gasteiger partial charge in [0.05, 0.1) is 23.1 Å². The second kappa shape index (κ2) is 8.85. The second-order valence-electron chi connectivity index (χ2n) is 8.36. The zero-order valence-corrected chi connectivity index (χ0v) is 18.0. The lowest BCUT2D eigenvalue weighted by molar-refractivity contribution is -0.135. The number of aromatic nitrogens is 3. The second-order valence-corrected chi connectivity index (χ2v) is 8.36. The van der Waals surface area contributed by atoms with Crippen molar-refractivity contribution in [1.82, 2.24) is 30.7 Å². The quantitative estimate of drug-likeness (QED) is 0.552. The van der Waals surface area contributed by atoms with E-state index in [1.54, 1.807) is 11.1 Å². The van der Waals surface area contributed by atoms with Crippen LogP contribution in [-0.2, 0) is 16.1 Å². The molecule has 3 N–H and O–H groups in total. The highest BCUT2D eigenvalue weighted by molar-refractivity contribution is 5.99. The maximum atomic E-state index is 13.0. The molecule has 5 rings (SSSR count). The van der Waals surface area contributed by atoms with Gasteiger partial charge in [-0.05, 0) is 29.7 Å². The van der Waals surface area contributed by atoms with Crippen molar-refractivity contribution >= 4 is 17.7 Å². The van der Waals surface area contributed by atoms with Crippen molar-refractivity contribution < 1.29 is 14.4 Å². The smallest absolute Gasteiger partial charge is 0.255 e. The summed E-state index contributed by atoms with van der Waals surface area (Å²) in [5.74, 6) is -0.476. The van der Waals surface area contributed by atoms with Crippen LogP contribution < -0.4 is 10.6 Å². The summed E-state index contributed by atoms with van der Waals surface area (Å²) in [4.78, 5) is 43.7. The molecule has 33 heavy (non-hydrogen) atoms. The van der Waals surface area contributed by atoms with Crippen LogP contribution in [0.4, 0.5) is 0 Å². The molecule has 2 aromatic heterocycles. The zero-order chi connectivity index (χ0) is 22.8. The van der Waals surface area contributed by atoms with Gasteiger partial charge in [-0.1, -0.05) is 30.3 Å². The molecular weight excluding hydrogens is 420 g/mol. The van der Waals surface area contributed by atoms with E-state index in [4.69, 9.17) is 0 Å². The SMILES string of the molecule is O=C1CC[C@@H](C(=O)N2Cc3ccccc3C(CNC(=O)c3cn[nH]c3-c3ccccn3)C2)N1. The minimum absolute atomic E-state index is 0.0647. The van der Waals surface area contributed by atoms with Crippen molar-refractivity contribution in [2.45, 2.75) is 31.3 Å². The number of pyridine rings is 1. The van der Waals surface area contributed by atoms with Gasteiger partial charge >= 0.3 is 0 Å². The predicted molar refractivity (Wildman–Crippen MR) is 120 cm³/mol. The van der Waals surface area contributed by atoms with Crippen LogP contribution >= 0.6 is 0 Å². The summed E-state index contributed by atoms with van der Waals surface area (Å²) < 4.78 is 0. The number of fused-ring (bicyclic) bond motifs is 1. The Morgan fingerprint density at radius 2 is 2.00 bits per heavy atom. The summed E-state index contributed by atoms with van der Waals surface area (Å²) in [5, 5.41) is 12.6. The Labute approximate surface area is 190 Å². The van der Waals surface area contributed by atoms with E-state index in [1.165, 1.54) is 6.20 Å². The molecule has 2 aliphatic heterocycles. The largest absolute Gasteiger partial charge is 0.351 e. The number of nitrogens with one attached hydrogen (secondary N) is 3. The lowest BCUT2D eigenvalue weighted by Gasteiger charge is -2.36. The Bertz CT molecular complexity index is 1190. The van der Waals surface area contributed by atoms with Gasteiger partial charge in [-0.3, -0.25) is 24.5 Å². The van der Waals surface area contributed by atoms with Crippen molar-refractivity contribution in [3.63, 3.8) is 0 Å². The van der Waals surface area contributed by atoms with Gasteiger partial charge in [0, 0.05) is 38.2 Å². The number of hydrogen-bond acceptors (Lipinski definition) is 5. The van der Waals surface area contributed by atoms with E-state index < -0.39 is 6.04 Å². The lowest BCUT2D eigenvalue weighted by Crippen LogP contribution is -2.48. The van der Waals surface area contributed by atoms with Crippen LogP contribution in [0, 0.1) is 0 Å². The third-order valence-electron chi connectivity index (χ3n) is 6.22. The van der Waals surface area contributed by atoms with Crippen molar-refractivity contribution in [2.24, 2.45) is 0 Å². The highest BCUT2D eigenvalue weighted by Crippen LogP contribution is 2.29. The first-order valence-corrected chi connectivity index (χ1v) is 11.0. The molecule has 0 spiro atoms. The molecule has 1 fully saturated rings. The molecule has 4 heterocycles. The normalized spacial score (nSPS) is 19.6. The number of amides is 3. The van der Waals surface area contributed by atoms with Gasteiger partial charge < -0.3 is 15.5 Å². The summed E-state index contributed by atoms with van der Waals surface area (Å²) in [7, 11) is 0. The highest BCUT2D eigenvalue weighted by Gasteiger charge is 2.35. The van der Waals surface area contributed by atoms with Gasteiger partial charge in [0.2, 0.25) is 11.8 Å². The van der Waals surface area contributed by atoms with E-state index in [0.29, 0.717) is 49.4 Å². The topological polar surface area (TPSA) is 120 Å². The maximum Gasteiger partial charge on any atom is 0.255 e. The number of aromatic amines is 1. The molecule has 0 bridgehead atoms. The Morgan fingerprint density at radius 3 is 2.79 bits per heavy atom. The lowest BCUT2D eigenvalue weighted by atomic mass is 9.89. The van der Waals surface area contributed by atoms with E-state index in [2.05, 4.69) is 25.8 Å². The number of carbonyl (C=O) groups excluding carboxylic acids is 3. The van der Waals surface area contributed by atoms with Gasteiger partial charge in [0.1, 0.15) is 6.04 Å². The van der Waals surface area contributed by atoms with Gasteiger partial charge in [-0.25, -0.2) is 0 Å². The van der Waals surface area contributed by atoms with Gasteiger partial charge in [-0.2, -0.15) is 5.10 Å². The Balaban J connectivity index is 1.32. The molecule has 168 valence electrons. The minimum atomic E-state index is -0.468. The van der Waals surface area contributed by atoms with E-state index in [9.17, 15) is 14.4 Å². The molecular formula is C24H24N6O3. The van der Waals surface area contributed by atoms with Crippen molar-refractivity contribution in [1.29, 1.82) is 0 Å². The van der Waals surface area contributed by atoms with Crippen molar-refractivity contribution in [3.8, 4) is 11.4 Å². The molecule has 0 saturated carbocycles. The van der Waals surface area contributed by atoms with E-state index in [0.717, 1.165) is 11.1 Å². The average molecular weight is 444 g/mol. The van der Waals surface area contributed by atoms with Crippen LogP contribution in [0.25, 0.3) is 11.4 Å². The van der Waals surface area contributed by atoms with E-state index in [1.807, 2.05) is 42.5 Å². The third kappa shape index (κ3) is 4.21. The highest BCUT2D eigenvalue weighted by atomic mass is 16.2.